The van der Waals surface area contributed by atoms with Gasteiger partial charge in [0.15, 0.2) is 5.65 Å². The van der Waals surface area contributed by atoms with Crippen LogP contribution < -0.4 is 11.3 Å². The van der Waals surface area contributed by atoms with E-state index in [2.05, 4.69) is 9.97 Å². The number of halogens is 1. The number of aromatic amines is 1. The van der Waals surface area contributed by atoms with Crippen molar-refractivity contribution >= 4 is 17.0 Å². The first kappa shape index (κ1) is 12.1. The van der Waals surface area contributed by atoms with E-state index < -0.39 is 18.5 Å². The molecule has 8 heteroatoms. The molecule has 1 fully saturated rings. The van der Waals surface area contributed by atoms with Crippen LogP contribution in [-0.4, -0.2) is 38.5 Å². The number of nitrogens with two attached hydrogens (primary N) is 1. The number of alkyl halides is 1. The van der Waals surface area contributed by atoms with E-state index in [1.165, 1.54) is 0 Å². The van der Waals surface area contributed by atoms with Crippen LogP contribution >= 0.6 is 0 Å². The summed E-state index contributed by atoms with van der Waals surface area (Å²) in [5.74, 6) is -0.00838. The molecule has 102 valence electrons. The predicted octanol–water partition coefficient (Wildman–Crippen LogP) is -0.0753. The zero-order chi connectivity index (χ0) is 13.6. The van der Waals surface area contributed by atoms with Crippen molar-refractivity contribution in [1.29, 1.82) is 0 Å². The molecule has 3 heterocycles. The monoisotopic (exact) mass is 268 g/mol. The molecule has 0 spiro atoms. The molecule has 0 radical (unpaired) electrons. The van der Waals surface area contributed by atoms with Crippen molar-refractivity contribution in [1.82, 2.24) is 14.5 Å². The van der Waals surface area contributed by atoms with Gasteiger partial charge in [0.05, 0.1) is 12.0 Å². The van der Waals surface area contributed by atoms with Crippen molar-refractivity contribution in [3.8, 4) is 0 Å². The molecule has 1 aliphatic heterocycles. The van der Waals surface area contributed by atoms with Crippen molar-refractivity contribution in [2.45, 2.75) is 24.9 Å². The molecule has 3 atom stereocenters. The minimum Gasteiger partial charge on any atom is -0.394 e. The average Bonchev–Trinajstić information content (AvgIpc) is 2.92. The number of hydrogen-bond acceptors (Lipinski definition) is 5. The number of nitrogens with zero attached hydrogens (tertiary/aromatic N) is 2. The number of nitrogen functional groups attached to an aromatic ring is 1. The summed E-state index contributed by atoms with van der Waals surface area (Å²) in [4.78, 5) is 18.1. The first-order chi connectivity index (χ1) is 9.10. The summed E-state index contributed by atoms with van der Waals surface area (Å²) in [5, 5.41) is 9.35. The van der Waals surface area contributed by atoms with Gasteiger partial charge in [-0.25, -0.2) is 4.39 Å². The number of aliphatic hydroxyl groups is 1. The van der Waals surface area contributed by atoms with E-state index in [-0.39, 0.29) is 24.5 Å². The Hall–Kier alpha value is -1.93. The molecule has 4 N–H and O–H groups in total. The Morgan fingerprint density at radius 3 is 3.16 bits per heavy atom. The van der Waals surface area contributed by atoms with Crippen molar-refractivity contribution < 1.29 is 14.2 Å². The second-order valence-corrected chi connectivity index (χ2v) is 4.47. The van der Waals surface area contributed by atoms with Crippen LogP contribution in [0.4, 0.5) is 10.3 Å². The number of fused-ring (bicyclic) bond motifs is 1. The summed E-state index contributed by atoms with van der Waals surface area (Å²) in [5.41, 5.74) is 5.49. The lowest BCUT2D eigenvalue weighted by molar-refractivity contribution is -0.0321. The third-order valence-electron chi connectivity index (χ3n) is 3.25. The third kappa shape index (κ3) is 1.89. The van der Waals surface area contributed by atoms with Gasteiger partial charge in [0, 0.05) is 12.6 Å². The second kappa shape index (κ2) is 4.32. The lowest BCUT2D eigenvalue weighted by Crippen LogP contribution is -2.21. The van der Waals surface area contributed by atoms with Crippen LogP contribution in [0.25, 0.3) is 11.0 Å². The number of anilines is 1. The summed E-state index contributed by atoms with van der Waals surface area (Å²) in [7, 11) is 0. The molecule has 19 heavy (non-hydrogen) atoms. The van der Waals surface area contributed by atoms with E-state index in [0.29, 0.717) is 11.0 Å². The standard InChI is InChI=1S/C11H13FN4O3/c12-6-3-8(19-7(6)4-17)16-2-1-5-9(16)14-11(13)15-10(5)18/h1-2,6-8,17H,3-4H2,(H3,13,14,15,18)/t6-,7+,8+/m0/s1. The van der Waals surface area contributed by atoms with E-state index >= 15 is 0 Å². The fraction of sp³-hybridized carbons (Fsp3) is 0.455. The maximum atomic E-state index is 13.6. The summed E-state index contributed by atoms with van der Waals surface area (Å²) in [6.45, 7) is -0.382. The van der Waals surface area contributed by atoms with Gasteiger partial charge in [0.25, 0.3) is 5.56 Å². The van der Waals surface area contributed by atoms with Crippen LogP contribution in [-0.2, 0) is 4.74 Å². The second-order valence-electron chi connectivity index (χ2n) is 4.47. The van der Waals surface area contributed by atoms with E-state index in [4.69, 9.17) is 15.6 Å². The highest BCUT2D eigenvalue weighted by Crippen LogP contribution is 2.32. The Balaban J connectivity index is 2.05. The normalized spacial score (nSPS) is 27.2. The summed E-state index contributed by atoms with van der Waals surface area (Å²) in [6.07, 6.45) is -0.987. The molecular formula is C11H13FN4O3. The molecule has 1 aliphatic rings. The van der Waals surface area contributed by atoms with E-state index in [0.717, 1.165) is 0 Å². The maximum absolute atomic E-state index is 13.6. The molecule has 2 aromatic heterocycles. The van der Waals surface area contributed by atoms with Crippen LogP contribution in [0.15, 0.2) is 17.1 Å². The van der Waals surface area contributed by atoms with E-state index in [1.54, 1.807) is 16.8 Å². The number of H-pyrrole nitrogens is 1. The molecule has 0 bridgehead atoms. The molecule has 3 rings (SSSR count). The fourth-order valence-corrected chi connectivity index (χ4v) is 2.32. The molecule has 0 aromatic carbocycles. The Labute approximate surface area is 106 Å². The Kier molecular flexibility index (Phi) is 2.76. The number of aliphatic hydroxyl groups excluding tert-OH is 1. The first-order valence-corrected chi connectivity index (χ1v) is 5.87. The maximum Gasteiger partial charge on any atom is 0.261 e. The lowest BCUT2D eigenvalue weighted by Gasteiger charge is -2.14. The smallest absolute Gasteiger partial charge is 0.261 e. The first-order valence-electron chi connectivity index (χ1n) is 5.87. The molecular weight excluding hydrogens is 255 g/mol. The van der Waals surface area contributed by atoms with Crippen LogP contribution in [0.5, 0.6) is 0 Å². The van der Waals surface area contributed by atoms with Crippen LogP contribution in [0, 0.1) is 0 Å². The van der Waals surface area contributed by atoms with Crippen LogP contribution in [0.2, 0.25) is 0 Å². The molecule has 0 aliphatic carbocycles. The predicted molar refractivity (Wildman–Crippen MR) is 65.3 cm³/mol. The number of hydrogen-bond donors (Lipinski definition) is 3. The van der Waals surface area contributed by atoms with Crippen LogP contribution in [0.3, 0.4) is 0 Å². The van der Waals surface area contributed by atoms with Crippen molar-refractivity contribution in [2.75, 3.05) is 12.3 Å². The molecule has 0 amide bonds. The molecule has 0 unspecified atom stereocenters. The van der Waals surface area contributed by atoms with Gasteiger partial charge in [0.2, 0.25) is 5.95 Å². The van der Waals surface area contributed by atoms with Crippen molar-refractivity contribution in [3.63, 3.8) is 0 Å². The van der Waals surface area contributed by atoms with Gasteiger partial charge >= 0.3 is 0 Å². The topological polar surface area (TPSA) is 106 Å². The number of aromatic nitrogens is 3. The number of nitrogens with one attached hydrogen (secondary N) is 1. The Morgan fingerprint density at radius 2 is 2.47 bits per heavy atom. The SMILES string of the molecule is Nc1nc2c(ccn2[C@H]2C[C@H](F)[C@@H](CO)O2)c(=O)[nH]1. The van der Waals surface area contributed by atoms with Crippen molar-refractivity contribution in [3.05, 3.63) is 22.6 Å². The average molecular weight is 268 g/mol. The molecule has 2 aromatic rings. The summed E-state index contributed by atoms with van der Waals surface area (Å²) < 4.78 is 20.5. The summed E-state index contributed by atoms with van der Waals surface area (Å²) >= 11 is 0. The van der Waals surface area contributed by atoms with Gasteiger partial charge in [0.1, 0.15) is 18.5 Å². The van der Waals surface area contributed by atoms with Gasteiger partial charge in [-0.15, -0.1) is 0 Å². The Morgan fingerprint density at radius 1 is 1.68 bits per heavy atom. The highest BCUT2D eigenvalue weighted by molar-refractivity contribution is 5.76. The summed E-state index contributed by atoms with van der Waals surface area (Å²) in [6, 6.07) is 1.57. The van der Waals surface area contributed by atoms with E-state index in [1.807, 2.05) is 0 Å². The zero-order valence-electron chi connectivity index (χ0n) is 9.91. The molecule has 1 saturated heterocycles. The molecule has 0 saturated carbocycles. The van der Waals surface area contributed by atoms with Gasteiger partial charge in [-0.3, -0.25) is 9.78 Å². The lowest BCUT2D eigenvalue weighted by atomic mass is 10.2. The fourth-order valence-electron chi connectivity index (χ4n) is 2.32. The van der Waals surface area contributed by atoms with Gasteiger partial charge in [-0.1, -0.05) is 0 Å². The molecule has 7 nitrogen and oxygen atoms in total. The van der Waals surface area contributed by atoms with E-state index in [9.17, 15) is 9.18 Å². The minimum absolute atomic E-state index is 0.00838. The Bertz CT molecular complexity index is 667. The zero-order valence-corrected chi connectivity index (χ0v) is 9.91. The quantitative estimate of drug-likeness (QED) is 0.706. The third-order valence-corrected chi connectivity index (χ3v) is 3.25. The van der Waals surface area contributed by atoms with Crippen molar-refractivity contribution in [2.24, 2.45) is 0 Å². The highest BCUT2D eigenvalue weighted by atomic mass is 19.1. The van der Waals surface area contributed by atoms with Gasteiger partial charge in [-0.2, -0.15) is 4.98 Å². The van der Waals surface area contributed by atoms with Crippen LogP contribution in [0.1, 0.15) is 12.6 Å². The number of rotatable bonds is 2. The van der Waals surface area contributed by atoms with Gasteiger partial charge in [-0.05, 0) is 6.07 Å². The van der Waals surface area contributed by atoms with Gasteiger partial charge < -0.3 is 20.1 Å². The largest absolute Gasteiger partial charge is 0.394 e. The number of ether oxygens (including phenoxy) is 1. The highest BCUT2D eigenvalue weighted by Gasteiger charge is 2.36. The minimum atomic E-state index is -1.24.